The number of ether oxygens (including phenoxy) is 1. The van der Waals surface area contributed by atoms with Crippen LogP contribution in [0.25, 0.3) is 22.3 Å². The summed E-state index contributed by atoms with van der Waals surface area (Å²) in [5.74, 6) is -0.761. The van der Waals surface area contributed by atoms with E-state index in [1.807, 2.05) is 67.9 Å². The van der Waals surface area contributed by atoms with Crippen molar-refractivity contribution in [2.45, 2.75) is 13.8 Å². The summed E-state index contributed by atoms with van der Waals surface area (Å²) in [7, 11) is 0. The summed E-state index contributed by atoms with van der Waals surface area (Å²) in [6.07, 6.45) is 4.87. The number of aromatic nitrogens is 2. The fraction of sp³-hybridized carbons (Fsp3) is 0.227. The molecule has 3 aromatic rings. The van der Waals surface area contributed by atoms with Crippen LogP contribution in [0.5, 0.6) is 0 Å². The van der Waals surface area contributed by atoms with Gasteiger partial charge in [-0.15, -0.1) is 11.3 Å². The number of para-hydroxylation sites is 1. The topological polar surface area (TPSA) is 64.4 Å². The Hall–Kier alpha value is -3.19. The summed E-state index contributed by atoms with van der Waals surface area (Å²) in [6.45, 7) is 4.70. The van der Waals surface area contributed by atoms with Crippen molar-refractivity contribution in [2.75, 3.05) is 19.7 Å². The van der Waals surface area contributed by atoms with E-state index in [4.69, 9.17) is 4.74 Å². The Bertz CT molecular complexity index is 974. The van der Waals surface area contributed by atoms with Gasteiger partial charge in [0, 0.05) is 30.9 Å². The number of amides is 1. The average Bonchev–Trinajstić information content (AvgIpc) is 3.42. The Morgan fingerprint density at radius 3 is 2.55 bits per heavy atom. The molecule has 0 radical (unpaired) electrons. The van der Waals surface area contributed by atoms with E-state index in [1.165, 1.54) is 6.08 Å². The Labute approximate surface area is 174 Å². The minimum absolute atomic E-state index is 0.201. The lowest BCUT2D eigenvalue weighted by molar-refractivity contribution is -0.147. The minimum Gasteiger partial charge on any atom is -0.452 e. The second-order valence-electron chi connectivity index (χ2n) is 6.20. The zero-order valence-electron chi connectivity index (χ0n) is 16.4. The smallest absolute Gasteiger partial charge is 0.331 e. The molecule has 0 unspecified atom stereocenters. The fourth-order valence-electron chi connectivity index (χ4n) is 2.83. The third kappa shape index (κ3) is 5.20. The maximum absolute atomic E-state index is 12.1. The van der Waals surface area contributed by atoms with Gasteiger partial charge in [0.1, 0.15) is 5.69 Å². The first kappa shape index (κ1) is 20.5. The number of esters is 1. The summed E-state index contributed by atoms with van der Waals surface area (Å²) >= 11 is 1.58. The van der Waals surface area contributed by atoms with E-state index in [-0.39, 0.29) is 12.5 Å². The van der Waals surface area contributed by atoms with Crippen molar-refractivity contribution in [2.24, 2.45) is 0 Å². The number of rotatable bonds is 8. The van der Waals surface area contributed by atoms with Crippen LogP contribution < -0.4 is 0 Å². The predicted octanol–water partition coefficient (Wildman–Crippen LogP) is 4.03. The van der Waals surface area contributed by atoms with Gasteiger partial charge < -0.3 is 9.64 Å². The molecule has 0 saturated heterocycles. The van der Waals surface area contributed by atoms with Crippen LogP contribution in [0.4, 0.5) is 0 Å². The van der Waals surface area contributed by atoms with Crippen LogP contribution in [0.1, 0.15) is 19.4 Å². The zero-order chi connectivity index (χ0) is 20.6. The summed E-state index contributed by atoms with van der Waals surface area (Å²) in [6, 6.07) is 13.7. The van der Waals surface area contributed by atoms with Gasteiger partial charge >= 0.3 is 5.97 Å². The van der Waals surface area contributed by atoms with Gasteiger partial charge in [0.2, 0.25) is 0 Å². The normalized spacial score (nSPS) is 11.0. The van der Waals surface area contributed by atoms with Gasteiger partial charge in [-0.05, 0) is 43.5 Å². The van der Waals surface area contributed by atoms with Gasteiger partial charge in [0.15, 0.2) is 6.61 Å². The highest BCUT2D eigenvalue weighted by molar-refractivity contribution is 7.13. The van der Waals surface area contributed by atoms with Crippen molar-refractivity contribution in [1.29, 1.82) is 0 Å². The minimum atomic E-state index is -0.560. The van der Waals surface area contributed by atoms with Crippen LogP contribution in [-0.2, 0) is 14.3 Å². The molecule has 7 heteroatoms. The molecule has 150 valence electrons. The number of thiophene rings is 1. The van der Waals surface area contributed by atoms with Crippen molar-refractivity contribution >= 4 is 29.3 Å². The fourth-order valence-corrected chi connectivity index (χ4v) is 3.56. The summed E-state index contributed by atoms with van der Waals surface area (Å²) < 4.78 is 6.87. The Morgan fingerprint density at radius 1 is 1.14 bits per heavy atom. The van der Waals surface area contributed by atoms with Crippen molar-refractivity contribution in [3.05, 3.63) is 65.7 Å². The first-order chi connectivity index (χ1) is 14.1. The molecule has 6 nitrogen and oxygen atoms in total. The second-order valence-corrected chi connectivity index (χ2v) is 7.15. The van der Waals surface area contributed by atoms with Gasteiger partial charge in [0.05, 0.1) is 10.6 Å². The van der Waals surface area contributed by atoms with Gasteiger partial charge in [-0.1, -0.05) is 24.3 Å². The van der Waals surface area contributed by atoms with E-state index in [0.29, 0.717) is 13.1 Å². The molecule has 0 atom stereocenters. The van der Waals surface area contributed by atoms with E-state index < -0.39 is 5.97 Å². The number of benzene rings is 1. The lowest BCUT2D eigenvalue weighted by Crippen LogP contribution is -2.34. The standard InChI is InChI=1S/C22H23N3O3S/c1-3-24(4-2)20(26)16-28-21(27)13-12-17-15-25(18-9-6-5-7-10-18)23-22(17)19-11-8-14-29-19/h5-15H,3-4,16H2,1-2H3/b13-12+. The highest BCUT2D eigenvalue weighted by atomic mass is 32.1. The Balaban J connectivity index is 1.76. The van der Waals surface area contributed by atoms with E-state index >= 15 is 0 Å². The molecule has 1 aromatic carbocycles. The van der Waals surface area contributed by atoms with E-state index in [2.05, 4.69) is 5.10 Å². The molecule has 0 fully saturated rings. The molecule has 0 saturated carbocycles. The highest BCUT2D eigenvalue weighted by Crippen LogP contribution is 2.28. The highest BCUT2D eigenvalue weighted by Gasteiger charge is 2.13. The maximum atomic E-state index is 12.1. The third-order valence-electron chi connectivity index (χ3n) is 4.37. The SMILES string of the molecule is CCN(CC)C(=O)COC(=O)/C=C/c1cn(-c2ccccc2)nc1-c1cccs1. The molecule has 0 aliphatic carbocycles. The Morgan fingerprint density at radius 2 is 1.90 bits per heavy atom. The monoisotopic (exact) mass is 409 g/mol. The second kappa shape index (κ2) is 9.84. The summed E-state index contributed by atoms with van der Waals surface area (Å²) in [4.78, 5) is 26.7. The van der Waals surface area contributed by atoms with Gasteiger partial charge in [-0.3, -0.25) is 4.79 Å². The van der Waals surface area contributed by atoms with Gasteiger partial charge in [-0.25, -0.2) is 9.48 Å². The summed E-state index contributed by atoms with van der Waals surface area (Å²) in [5, 5.41) is 6.67. The lowest BCUT2D eigenvalue weighted by atomic mass is 10.2. The van der Waals surface area contributed by atoms with Gasteiger partial charge in [0.25, 0.3) is 5.91 Å². The van der Waals surface area contributed by atoms with E-state index in [1.54, 1.807) is 27.0 Å². The van der Waals surface area contributed by atoms with Crippen molar-refractivity contribution < 1.29 is 14.3 Å². The zero-order valence-corrected chi connectivity index (χ0v) is 17.3. The number of nitrogens with zero attached hydrogens (tertiary/aromatic N) is 3. The van der Waals surface area contributed by atoms with Crippen LogP contribution in [0.3, 0.4) is 0 Å². The van der Waals surface area contributed by atoms with Crippen molar-refractivity contribution in [3.8, 4) is 16.3 Å². The third-order valence-corrected chi connectivity index (χ3v) is 5.25. The number of hydrogen-bond acceptors (Lipinski definition) is 5. The van der Waals surface area contributed by atoms with Crippen LogP contribution in [0.2, 0.25) is 0 Å². The predicted molar refractivity (Wildman–Crippen MR) is 115 cm³/mol. The molecular weight excluding hydrogens is 386 g/mol. The molecule has 0 aliphatic rings. The first-order valence-electron chi connectivity index (χ1n) is 9.44. The molecule has 0 aliphatic heterocycles. The number of carbonyl (C=O) groups is 2. The quantitative estimate of drug-likeness (QED) is 0.416. The van der Waals surface area contributed by atoms with Crippen molar-refractivity contribution in [3.63, 3.8) is 0 Å². The van der Waals surface area contributed by atoms with Crippen molar-refractivity contribution in [1.82, 2.24) is 14.7 Å². The molecule has 2 heterocycles. The van der Waals surface area contributed by atoms with Gasteiger partial charge in [-0.2, -0.15) is 5.10 Å². The van der Waals surface area contributed by atoms with Crippen LogP contribution in [0.15, 0.2) is 60.1 Å². The molecule has 2 aromatic heterocycles. The molecule has 1 amide bonds. The van der Waals surface area contributed by atoms with Crippen LogP contribution >= 0.6 is 11.3 Å². The van der Waals surface area contributed by atoms with Crippen LogP contribution in [0, 0.1) is 0 Å². The molecule has 0 spiro atoms. The van der Waals surface area contributed by atoms with Crippen LogP contribution in [-0.4, -0.2) is 46.3 Å². The molecular formula is C22H23N3O3S. The number of likely N-dealkylation sites (N-methyl/N-ethyl adjacent to an activating group) is 1. The van der Waals surface area contributed by atoms with E-state index in [0.717, 1.165) is 21.8 Å². The lowest BCUT2D eigenvalue weighted by Gasteiger charge is -2.17. The largest absolute Gasteiger partial charge is 0.452 e. The maximum Gasteiger partial charge on any atom is 0.331 e. The molecule has 0 bridgehead atoms. The summed E-state index contributed by atoms with van der Waals surface area (Å²) in [5.41, 5.74) is 2.51. The number of hydrogen-bond donors (Lipinski definition) is 0. The Kier molecular flexibility index (Phi) is 6.97. The number of carbonyl (C=O) groups excluding carboxylic acids is 2. The molecule has 29 heavy (non-hydrogen) atoms. The van der Waals surface area contributed by atoms with E-state index in [9.17, 15) is 9.59 Å². The first-order valence-corrected chi connectivity index (χ1v) is 10.3. The molecule has 3 rings (SSSR count). The average molecular weight is 410 g/mol. The molecule has 0 N–H and O–H groups in total.